The van der Waals surface area contributed by atoms with Gasteiger partial charge in [-0.1, -0.05) is 64.5 Å². The van der Waals surface area contributed by atoms with E-state index in [9.17, 15) is 4.79 Å². The normalized spacial score (nSPS) is 13.4. The Balaban J connectivity index is 1.97. The number of rotatable bonds is 6. The van der Waals surface area contributed by atoms with E-state index in [1.807, 2.05) is 67.6 Å². The van der Waals surface area contributed by atoms with Crippen LogP contribution in [0.25, 0.3) is 0 Å². The average molecular weight is 364 g/mol. The van der Waals surface area contributed by atoms with Crippen molar-refractivity contribution in [3.8, 4) is 0 Å². The van der Waals surface area contributed by atoms with Gasteiger partial charge in [-0.3, -0.25) is 4.79 Å². The van der Waals surface area contributed by atoms with Crippen LogP contribution >= 0.6 is 27.7 Å². The van der Waals surface area contributed by atoms with Gasteiger partial charge in [-0.25, -0.2) is 0 Å². The predicted octanol–water partition coefficient (Wildman–Crippen LogP) is 4.21. The van der Waals surface area contributed by atoms with Crippen LogP contribution < -0.4 is 5.32 Å². The van der Waals surface area contributed by atoms with Crippen LogP contribution in [0.2, 0.25) is 0 Å². The number of carbonyl (C=O) groups excluding carboxylic acids is 1. The summed E-state index contributed by atoms with van der Waals surface area (Å²) in [4.78, 5) is 13.3. The van der Waals surface area contributed by atoms with Gasteiger partial charge < -0.3 is 5.32 Å². The molecule has 21 heavy (non-hydrogen) atoms. The van der Waals surface area contributed by atoms with E-state index in [1.54, 1.807) is 11.8 Å². The number of nitrogens with one attached hydrogen (secondary N) is 1. The fourth-order valence-electron chi connectivity index (χ4n) is 2.00. The maximum Gasteiger partial charge on any atom is 0.231 e. The fraction of sp³-hybridized carbons (Fsp3) is 0.235. The zero-order chi connectivity index (χ0) is 15.1. The molecule has 2 rings (SSSR count). The number of amides is 1. The maximum atomic E-state index is 12.2. The van der Waals surface area contributed by atoms with Crippen LogP contribution in [0.5, 0.6) is 0 Å². The number of thioether (sulfide) groups is 1. The fourth-order valence-corrected chi connectivity index (χ4v) is 3.18. The van der Waals surface area contributed by atoms with Crippen LogP contribution in [0.1, 0.15) is 12.5 Å². The van der Waals surface area contributed by atoms with Crippen molar-refractivity contribution in [1.82, 2.24) is 5.32 Å². The van der Waals surface area contributed by atoms with Crippen molar-refractivity contribution in [2.75, 3.05) is 11.1 Å². The van der Waals surface area contributed by atoms with Gasteiger partial charge in [0.25, 0.3) is 0 Å². The Labute approximate surface area is 138 Å². The SMILES string of the molecule is CC(CBr)(NC(=O)CSc1ccccc1)c1ccccc1. The monoisotopic (exact) mass is 363 g/mol. The van der Waals surface area contributed by atoms with Crippen molar-refractivity contribution in [2.45, 2.75) is 17.4 Å². The Morgan fingerprint density at radius 1 is 1.10 bits per heavy atom. The van der Waals surface area contributed by atoms with Crippen LogP contribution in [0.4, 0.5) is 0 Å². The van der Waals surface area contributed by atoms with E-state index in [2.05, 4.69) is 21.2 Å². The third-order valence-corrected chi connectivity index (χ3v) is 5.34. The van der Waals surface area contributed by atoms with Crippen LogP contribution in [0.15, 0.2) is 65.6 Å². The molecule has 4 heteroatoms. The van der Waals surface area contributed by atoms with E-state index < -0.39 is 5.54 Å². The third-order valence-electron chi connectivity index (χ3n) is 3.21. The van der Waals surface area contributed by atoms with Gasteiger partial charge in [0.15, 0.2) is 0 Å². The predicted molar refractivity (Wildman–Crippen MR) is 92.9 cm³/mol. The number of alkyl halides is 1. The van der Waals surface area contributed by atoms with E-state index in [0.717, 1.165) is 10.5 Å². The average Bonchev–Trinajstić information content (AvgIpc) is 2.54. The van der Waals surface area contributed by atoms with Crippen molar-refractivity contribution < 1.29 is 4.79 Å². The summed E-state index contributed by atoms with van der Waals surface area (Å²) in [6.07, 6.45) is 0. The summed E-state index contributed by atoms with van der Waals surface area (Å²) in [5, 5.41) is 3.80. The highest BCUT2D eigenvalue weighted by Gasteiger charge is 2.27. The smallest absolute Gasteiger partial charge is 0.231 e. The first-order chi connectivity index (χ1) is 10.1. The molecule has 0 fully saturated rings. The summed E-state index contributed by atoms with van der Waals surface area (Å²) in [5.74, 6) is 0.453. The Morgan fingerprint density at radius 2 is 1.67 bits per heavy atom. The summed E-state index contributed by atoms with van der Waals surface area (Å²) < 4.78 is 0. The van der Waals surface area contributed by atoms with Gasteiger partial charge in [0.2, 0.25) is 5.91 Å². The minimum Gasteiger partial charge on any atom is -0.345 e. The molecule has 2 nitrogen and oxygen atoms in total. The lowest BCUT2D eigenvalue weighted by Crippen LogP contribution is -2.45. The van der Waals surface area contributed by atoms with Gasteiger partial charge in [0, 0.05) is 10.2 Å². The van der Waals surface area contributed by atoms with E-state index in [-0.39, 0.29) is 5.91 Å². The quantitative estimate of drug-likeness (QED) is 0.615. The molecule has 2 aromatic rings. The number of benzene rings is 2. The largest absolute Gasteiger partial charge is 0.345 e. The molecular weight excluding hydrogens is 346 g/mol. The molecule has 0 heterocycles. The molecule has 0 bridgehead atoms. The lowest BCUT2D eigenvalue weighted by molar-refractivity contribution is -0.120. The Morgan fingerprint density at radius 3 is 2.24 bits per heavy atom. The summed E-state index contributed by atoms with van der Waals surface area (Å²) in [5.41, 5.74) is 0.704. The summed E-state index contributed by atoms with van der Waals surface area (Å²) in [6, 6.07) is 20.0. The summed E-state index contributed by atoms with van der Waals surface area (Å²) in [7, 11) is 0. The lowest BCUT2D eigenvalue weighted by Gasteiger charge is -2.29. The van der Waals surface area contributed by atoms with Crippen molar-refractivity contribution in [3.63, 3.8) is 0 Å². The second-order valence-corrected chi connectivity index (χ2v) is 6.59. The molecule has 0 radical (unpaired) electrons. The van der Waals surface area contributed by atoms with Crippen molar-refractivity contribution in [1.29, 1.82) is 0 Å². The van der Waals surface area contributed by atoms with Crippen molar-refractivity contribution in [2.24, 2.45) is 0 Å². The van der Waals surface area contributed by atoms with Gasteiger partial charge in [-0.15, -0.1) is 11.8 Å². The second-order valence-electron chi connectivity index (χ2n) is 4.98. The molecule has 110 valence electrons. The summed E-state index contributed by atoms with van der Waals surface area (Å²) in [6.45, 7) is 2.03. The standard InChI is InChI=1S/C17H18BrNOS/c1-17(13-18,14-8-4-2-5-9-14)19-16(20)12-21-15-10-6-3-7-11-15/h2-11H,12-13H2,1H3,(H,19,20). The zero-order valence-corrected chi connectivity index (χ0v) is 14.3. The molecule has 0 aliphatic heterocycles. The first-order valence-corrected chi connectivity index (χ1v) is 8.85. The van der Waals surface area contributed by atoms with Gasteiger partial charge in [0.05, 0.1) is 11.3 Å². The zero-order valence-electron chi connectivity index (χ0n) is 11.9. The highest BCUT2D eigenvalue weighted by atomic mass is 79.9. The molecule has 2 aromatic carbocycles. The molecular formula is C17H18BrNOS. The topological polar surface area (TPSA) is 29.1 Å². The molecule has 0 saturated carbocycles. The third kappa shape index (κ3) is 4.61. The number of hydrogen-bond acceptors (Lipinski definition) is 2. The number of hydrogen-bond donors (Lipinski definition) is 1. The maximum absolute atomic E-state index is 12.2. The van der Waals surface area contributed by atoms with Gasteiger partial charge in [-0.05, 0) is 24.6 Å². The molecule has 0 spiro atoms. The van der Waals surface area contributed by atoms with Crippen molar-refractivity contribution in [3.05, 3.63) is 66.2 Å². The first-order valence-electron chi connectivity index (χ1n) is 6.74. The molecule has 1 amide bonds. The van der Waals surface area contributed by atoms with Crippen molar-refractivity contribution >= 4 is 33.6 Å². The summed E-state index contributed by atoms with van der Waals surface area (Å²) >= 11 is 5.06. The Kier molecular flexibility index (Phi) is 5.88. The molecule has 1 atom stereocenters. The molecule has 1 unspecified atom stereocenters. The lowest BCUT2D eigenvalue weighted by atomic mass is 9.94. The minimum atomic E-state index is -0.393. The van der Waals surface area contributed by atoms with Gasteiger partial charge in [-0.2, -0.15) is 0 Å². The van der Waals surface area contributed by atoms with Crippen LogP contribution in [-0.4, -0.2) is 17.0 Å². The Bertz CT molecular complexity index is 576. The Hall–Kier alpha value is -1.26. The van der Waals surface area contributed by atoms with E-state index in [4.69, 9.17) is 0 Å². The van der Waals surface area contributed by atoms with E-state index in [1.165, 1.54) is 0 Å². The number of carbonyl (C=O) groups is 1. The number of halogens is 1. The molecule has 0 aliphatic carbocycles. The molecule has 0 aromatic heterocycles. The van der Waals surface area contributed by atoms with Gasteiger partial charge >= 0.3 is 0 Å². The highest BCUT2D eigenvalue weighted by Crippen LogP contribution is 2.24. The molecule has 1 N–H and O–H groups in total. The minimum absolute atomic E-state index is 0.0367. The van der Waals surface area contributed by atoms with Crippen LogP contribution in [0, 0.1) is 0 Å². The van der Waals surface area contributed by atoms with Crippen LogP contribution in [-0.2, 0) is 10.3 Å². The second kappa shape index (κ2) is 7.66. The van der Waals surface area contributed by atoms with E-state index >= 15 is 0 Å². The van der Waals surface area contributed by atoms with E-state index in [0.29, 0.717) is 11.1 Å². The van der Waals surface area contributed by atoms with Crippen LogP contribution in [0.3, 0.4) is 0 Å². The molecule has 0 aliphatic rings. The highest BCUT2D eigenvalue weighted by molar-refractivity contribution is 9.09. The first kappa shape index (κ1) is 16.1. The molecule has 0 saturated heterocycles. The van der Waals surface area contributed by atoms with Gasteiger partial charge in [0.1, 0.15) is 0 Å².